The zero-order chi connectivity index (χ0) is 19.1. The van der Waals surface area contributed by atoms with Gasteiger partial charge < -0.3 is 23.5 Å². The Morgan fingerprint density at radius 2 is 1.86 bits per heavy atom. The number of anilines is 1. The van der Waals surface area contributed by atoms with Gasteiger partial charge in [-0.05, 0) is 42.7 Å². The first-order valence-electron chi connectivity index (χ1n) is 9.59. The van der Waals surface area contributed by atoms with Crippen LogP contribution in [-0.4, -0.2) is 13.5 Å². The normalized spacial score (nSPS) is 14.8. The Labute approximate surface area is 162 Å². The number of benzene rings is 2. The SMILES string of the molecule is CCCCc1cc(=O)oc2c3c(ccc12)OCN(c1ccc2c(c1)OCO2)C3. The van der Waals surface area contributed by atoms with Crippen LogP contribution in [0.1, 0.15) is 30.9 Å². The number of hydrogen-bond acceptors (Lipinski definition) is 6. The van der Waals surface area contributed by atoms with Gasteiger partial charge in [-0.2, -0.15) is 0 Å². The number of hydrogen-bond donors (Lipinski definition) is 0. The summed E-state index contributed by atoms with van der Waals surface area (Å²) in [6.45, 7) is 3.39. The minimum Gasteiger partial charge on any atom is -0.473 e. The Balaban J connectivity index is 1.55. The van der Waals surface area contributed by atoms with Gasteiger partial charge in [-0.3, -0.25) is 0 Å². The molecular formula is C22H21NO5. The first-order valence-corrected chi connectivity index (χ1v) is 9.59. The summed E-state index contributed by atoms with van der Waals surface area (Å²) in [6.07, 6.45) is 2.98. The van der Waals surface area contributed by atoms with Crippen molar-refractivity contribution in [3.8, 4) is 17.2 Å². The molecule has 2 aliphatic heterocycles. The van der Waals surface area contributed by atoms with Gasteiger partial charge >= 0.3 is 5.63 Å². The van der Waals surface area contributed by atoms with Crippen LogP contribution in [0, 0.1) is 0 Å². The highest BCUT2D eigenvalue weighted by Gasteiger charge is 2.24. The van der Waals surface area contributed by atoms with E-state index in [1.807, 2.05) is 30.3 Å². The molecule has 0 aliphatic carbocycles. The van der Waals surface area contributed by atoms with Gasteiger partial charge in [0.25, 0.3) is 0 Å². The summed E-state index contributed by atoms with van der Waals surface area (Å²) in [6, 6.07) is 11.4. The fraction of sp³-hybridized carbons (Fsp3) is 0.318. The second-order valence-electron chi connectivity index (χ2n) is 7.12. The van der Waals surface area contributed by atoms with E-state index in [0.717, 1.165) is 58.7 Å². The highest BCUT2D eigenvalue weighted by atomic mass is 16.7. The third kappa shape index (κ3) is 2.85. The molecule has 28 heavy (non-hydrogen) atoms. The molecule has 1 aromatic heterocycles. The van der Waals surface area contributed by atoms with Crippen LogP contribution in [0.3, 0.4) is 0 Å². The summed E-state index contributed by atoms with van der Waals surface area (Å²) in [4.78, 5) is 14.3. The molecule has 2 aromatic carbocycles. The number of aryl methyl sites for hydroxylation is 1. The van der Waals surface area contributed by atoms with E-state index >= 15 is 0 Å². The van der Waals surface area contributed by atoms with E-state index in [2.05, 4.69) is 11.8 Å². The van der Waals surface area contributed by atoms with Crippen molar-refractivity contribution < 1.29 is 18.6 Å². The molecule has 0 N–H and O–H groups in total. The number of nitrogens with zero attached hydrogens (tertiary/aromatic N) is 1. The number of ether oxygens (including phenoxy) is 3. The molecule has 0 amide bonds. The van der Waals surface area contributed by atoms with Gasteiger partial charge in [0.2, 0.25) is 6.79 Å². The van der Waals surface area contributed by atoms with E-state index in [0.29, 0.717) is 18.9 Å². The summed E-state index contributed by atoms with van der Waals surface area (Å²) in [7, 11) is 0. The number of fused-ring (bicyclic) bond motifs is 4. The van der Waals surface area contributed by atoms with Crippen LogP contribution in [0.15, 0.2) is 45.6 Å². The monoisotopic (exact) mass is 379 g/mol. The zero-order valence-corrected chi connectivity index (χ0v) is 15.7. The third-order valence-electron chi connectivity index (χ3n) is 5.30. The molecule has 0 spiro atoms. The van der Waals surface area contributed by atoms with Crippen molar-refractivity contribution in [1.82, 2.24) is 0 Å². The second-order valence-corrected chi connectivity index (χ2v) is 7.12. The van der Waals surface area contributed by atoms with Gasteiger partial charge in [0, 0.05) is 23.2 Å². The molecule has 6 heteroatoms. The van der Waals surface area contributed by atoms with Crippen LogP contribution < -0.4 is 24.7 Å². The van der Waals surface area contributed by atoms with E-state index < -0.39 is 0 Å². The molecule has 3 heterocycles. The van der Waals surface area contributed by atoms with Crippen LogP contribution in [0.25, 0.3) is 11.0 Å². The van der Waals surface area contributed by atoms with E-state index in [1.165, 1.54) is 0 Å². The number of unbranched alkanes of at least 4 members (excludes halogenated alkanes) is 1. The van der Waals surface area contributed by atoms with Crippen LogP contribution >= 0.6 is 0 Å². The minimum atomic E-state index is -0.313. The van der Waals surface area contributed by atoms with Crippen molar-refractivity contribution in [3.63, 3.8) is 0 Å². The third-order valence-corrected chi connectivity index (χ3v) is 5.30. The highest BCUT2D eigenvalue weighted by molar-refractivity contribution is 5.85. The molecule has 0 bridgehead atoms. The Kier molecular flexibility index (Phi) is 4.11. The fourth-order valence-electron chi connectivity index (χ4n) is 3.82. The fourth-order valence-corrected chi connectivity index (χ4v) is 3.82. The van der Waals surface area contributed by atoms with Crippen molar-refractivity contribution in [2.75, 3.05) is 18.4 Å². The molecule has 0 atom stereocenters. The molecule has 0 saturated carbocycles. The lowest BCUT2D eigenvalue weighted by atomic mass is 10.0. The summed E-state index contributed by atoms with van der Waals surface area (Å²) in [5, 5.41) is 0.989. The van der Waals surface area contributed by atoms with Crippen LogP contribution in [-0.2, 0) is 13.0 Å². The molecule has 0 fully saturated rings. The van der Waals surface area contributed by atoms with Gasteiger partial charge in [0.1, 0.15) is 11.3 Å². The van der Waals surface area contributed by atoms with Crippen LogP contribution in [0.5, 0.6) is 17.2 Å². The van der Waals surface area contributed by atoms with Crippen LogP contribution in [0.2, 0.25) is 0 Å². The molecule has 0 saturated heterocycles. The Morgan fingerprint density at radius 1 is 1.00 bits per heavy atom. The van der Waals surface area contributed by atoms with Crippen molar-refractivity contribution in [2.45, 2.75) is 32.7 Å². The molecule has 0 unspecified atom stereocenters. The quantitative estimate of drug-likeness (QED) is 0.633. The predicted molar refractivity (Wildman–Crippen MR) is 105 cm³/mol. The second kappa shape index (κ2) is 6.78. The first-order chi connectivity index (χ1) is 13.7. The maximum Gasteiger partial charge on any atom is 0.336 e. The largest absolute Gasteiger partial charge is 0.473 e. The van der Waals surface area contributed by atoms with E-state index in [1.54, 1.807) is 6.07 Å². The van der Waals surface area contributed by atoms with E-state index in [4.69, 9.17) is 18.6 Å². The Hall–Kier alpha value is -3.15. The van der Waals surface area contributed by atoms with Crippen molar-refractivity contribution in [2.24, 2.45) is 0 Å². The van der Waals surface area contributed by atoms with Gasteiger partial charge in [0.15, 0.2) is 18.2 Å². The topological polar surface area (TPSA) is 61.1 Å². The molecule has 144 valence electrons. The first kappa shape index (κ1) is 17.0. The molecule has 2 aliphatic rings. The smallest absolute Gasteiger partial charge is 0.336 e. The molecule has 0 radical (unpaired) electrons. The molecule has 6 nitrogen and oxygen atoms in total. The van der Waals surface area contributed by atoms with Crippen LogP contribution in [0.4, 0.5) is 5.69 Å². The van der Waals surface area contributed by atoms with Gasteiger partial charge in [-0.15, -0.1) is 0 Å². The summed E-state index contributed by atoms with van der Waals surface area (Å²) < 4.78 is 22.5. The maximum atomic E-state index is 12.2. The average Bonchev–Trinajstić information content (AvgIpc) is 3.19. The van der Waals surface area contributed by atoms with Crippen molar-refractivity contribution in [3.05, 3.63) is 57.9 Å². The van der Waals surface area contributed by atoms with Crippen molar-refractivity contribution in [1.29, 1.82) is 0 Å². The standard InChI is InChI=1S/C22H21NO5/c1-2-3-4-14-9-21(24)28-22-16(14)6-8-18-17(22)11-23(12-25-18)15-5-7-19-20(10-15)27-13-26-19/h5-10H,2-4,11-13H2,1H3. The molecule has 3 aromatic rings. The Morgan fingerprint density at radius 3 is 2.75 bits per heavy atom. The van der Waals surface area contributed by atoms with Gasteiger partial charge in [0.05, 0.1) is 12.1 Å². The summed E-state index contributed by atoms with van der Waals surface area (Å²) >= 11 is 0. The summed E-state index contributed by atoms with van der Waals surface area (Å²) in [5.74, 6) is 2.24. The zero-order valence-electron chi connectivity index (χ0n) is 15.7. The summed E-state index contributed by atoms with van der Waals surface area (Å²) in [5.41, 5.74) is 3.22. The maximum absolute atomic E-state index is 12.2. The average molecular weight is 379 g/mol. The molecular weight excluding hydrogens is 358 g/mol. The highest BCUT2D eigenvalue weighted by Crippen LogP contribution is 2.39. The molecule has 5 rings (SSSR count). The van der Waals surface area contributed by atoms with Gasteiger partial charge in [-0.1, -0.05) is 13.3 Å². The Bertz CT molecular complexity index is 1100. The minimum absolute atomic E-state index is 0.244. The predicted octanol–water partition coefficient (Wildman–Crippen LogP) is 4.22. The lowest BCUT2D eigenvalue weighted by molar-refractivity contribution is 0.174. The van der Waals surface area contributed by atoms with E-state index in [9.17, 15) is 4.79 Å². The van der Waals surface area contributed by atoms with Crippen molar-refractivity contribution >= 4 is 16.7 Å². The van der Waals surface area contributed by atoms with E-state index in [-0.39, 0.29) is 12.4 Å². The lowest BCUT2D eigenvalue weighted by Gasteiger charge is -2.31. The lowest BCUT2D eigenvalue weighted by Crippen LogP contribution is -2.32. The van der Waals surface area contributed by atoms with Gasteiger partial charge in [-0.25, -0.2) is 4.79 Å². The number of rotatable bonds is 4.